The predicted octanol–water partition coefficient (Wildman–Crippen LogP) is 1.50. The van der Waals surface area contributed by atoms with E-state index >= 15 is 0 Å². The van der Waals surface area contributed by atoms with Crippen molar-refractivity contribution in [2.24, 2.45) is 0 Å². The highest BCUT2D eigenvalue weighted by atomic mass is 32.2. The van der Waals surface area contributed by atoms with Gasteiger partial charge < -0.3 is 14.8 Å². The molecule has 110 valence electrons. The van der Waals surface area contributed by atoms with Crippen molar-refractivity contribution in [3.05, 3.63) is 0 Å². The summed E-state index contributed by atoms with van der Waals surface area (Å²) in [7, 11) is 2.89. The van der Waals surface area contributed by atoms with E-state index in [1.165, 1.54) is 26.0 Å². The highest BCUT2D eigenvalue weighted by Crippen LogP contribution is 2.33. The minimum Gasteiger partial charge on any atom is -0.467 e. The van der Waals surface area contributed by atoms with Crippen molar-refractivity contribution in [2.45, 2.75) is 36.4 Å². The van der Waals surface area contributed by atoms with Crippen molar-refractivity contribution in [3.63, 3.8) is 0 Å². The molecule has 0 amide bonds. The zero-order valence-electron chi connectivity index (χ0n) is 11.8. The van der Waals surface area contributed by atoms with Crippen molar-refractivity contribution in [1.29, 1.82) is 0 Å². The number of rotatable bonds is 5. The van der Waals surface area contributed by atoms with Gasteiger partial charge >= 0.3 is 12.0 Å². The number of nitrogens with one attached hydrogen (secondary N) is 1. The van der Waals surface area contributed by atoms with Gasteiger partial charge in [0.15, 0.2) is 5.16 Å². The summed E-state index contributed by atoms with van der Waals surface area (Å²) in [5, 5.41) is 3.66. The lowest BCUT2D eigenvalue weighted by atomic mass is 9.98. The Bertz CT molecular complexity index is 469. The lowest BCUT2D eigenvalue weighted by Crippen LogP contribution is -2.45. The van der Waals surface area contributed by atoms with Crippen molar-refractivity contribution >= 4 is 23.7 Å². The Morgan fingerprint density at radius 2 is 1.95 bits per heavy atom. The van der Waals surface area contributed by atoms with Crippen LogP contribution in [0.1, 0.15) is 25.7 Å². The second-order valence-electron chi connectivity index (χ2n) is 4.54. The van der Waals surface area contributed by atoms with Gasteiger partial charge in [-0.1, -0.05) is 24.6 Å². The summed E-state index contributed by atoms with van der Waals surface area (Å²) in [4.78, 5) is 24.6. The Balaban J connectivity index is 2.29. The number of ether oxygens (including phenoxy) is 2. The summed E-state index contributed by atoms with van der Waals surface area (Å²) in [6, 6.07) is 0.227. The lowest BCUT2D eigenvalue weighted by Gasteiger charge is -2.27. The number of hydrogen-bond donors (Lipinski definition) is 1. The third-order valence-corrected chi connectivity index (χ3v) is 3.89. The molecule has 0 atom stereocenters. The molecule has 1 saturated carbocycles. The van der Waals surface area contributed by atoms with Crippen molar-refractivity contribution in [1.82, 2.24) is 15.0 Å². The molecule has 1 aromatic rings. The predicted molar refractivity (Wildman–Crippen MR) is 75.0 cm³/mol. The average molecular weight is 298 g/mol. The molecular formula is C12H18N4O3S. The van der Waals surface area contributed by atoms with Crippen molar-refractivity contribution < 1.29 is 14.3 Å². The summed E-state index contributed by atoms with van der Waals surface area (Å²) < 4.78 is 9.96. The van der Waals surface area contributed by atoms with Crippen LogP contribution >= 0.6 is 11.8 Å². The molecule has 8 heteroatoms. The first-order valence-corrected chi connectivity index (χ1v) is 7.56. The Hall–Kier alpha value is -1.57. The molecule has 20 heavy (non-hydrogen) atoms. The maximum Gasteiger partial charge on any atom is 0.331 e. The van der Waals surface area contributed by atoms with E-state index in [1.54, 1.807) is 0 Å². The summed E-state index contributed by atoms with van der Waals surface area (Å²) >= 11 is 1.39. The molecule has 1 fully saturated rings. The fraction of sp³-hybridized carbons (Fsp3) is 0.667. The van der Waals surface area contributed by atoms with Gasteiger partial charge in [0.2, 0.25) is 5.95 Å². The van der Waals surface area contributed by atoms with Crippen LogP contribution in [0.5, 0.6) is 6.01 Å². The van der Waals surface area contributed by atoms with E-state index in [1.807, 2.05) is 6.26 Å². The van der Waals surface area contributed by atoms with Crippen LogP contribution in [0.4, 0.5) is 5.95 Å². The number of anilines is 1. The number of nitrogens with zero attached hydrogens (tertiary/aromatic N) is 3. The van der Waals surface area contributed by atoms with E-state index in [0.717, 1.165) is 12.8 Å². The minimum absolute atomic E-state index is 0.227. The zero-order chi connectivity index (χ0) is 14.6. The fourth-order valence-corrected chi connectivity index (χ4v) is 2.69. The van der Waals surface area contributed by atoms with Crippen molar-refractivity contribution in [3.8, 4) is 6.01 Å². The van der Waals surface area contributed by atoms with Gasteiger partial charge in [-0.25, -0.2) is 4.79 Å². The Labute approximate surface area is 121 Å². The van der Waals surface area contributed by atoms with E-state index in [0.29, 0.717) is 23.9 Å². The number of esters is 1. The smallest absolute Gasteiger partial charge is 0.331 e. The van der Waals surface area contributed by atoms with E-state index in [2.05, 4.69) is 20.3 Å². The van der Waals surface area contributed by atoms with Gasteiger partial charge in [0.05, 0.1) is 14.2 Å². The summed E-state index contributed by atoms with van der Waals surface area (Å²) in [6.07, 6.45) is 5.23. The number of carbonyl (C=O) groups excluding carboxylic acids is 1. The molecule has 0 aliphatic heterocycles. The molecule has 1 aliphatic carbocycles. The number of thioether (sulfide) groups is 1. The third kappa shape index (κ3) is 2.95. The maximum atomic E-state index is 12.1. The molecule has 1 N–H and O–H groups in total. The van der Waals surface area contributed by atoms with Crippen LogP contribution in [0.15, 0.2) is 5.16 Å². The summed E-state index contributed by atoms with van der Waals surface area (Å²) in [5.74, 6) is 0.0635. The van der Waals surface area contributed by atoms with Crippen LogP contribution in [0, 0.1) is 0 Å². The molecule has 2 rings (SSSR count). The summed E-state index contributed by atoms with van der Waals surface area (Å²) in [6.45, 7) is 0. The van der Waals surface area contributed by atoms with Gasteiger partial charge in [-0.3, -0.25) is 0 Å². The highest BCUT2D eigenvalue weighted by Gasteiger charge is 2.43. The molecule has 1 aliphatic rings. The van der Waals surface area contributed by atoms with Crippen LogP contribution in [0.25, 0.3) is 0 Å². The molecule has 0 radical (unpaired) electrons. The quantitative estimate of drug-likeness (QED) is 0.646. The van der Waals surface area contributed by atoms with E-state index in [4.69, 9.17) is 9.47 Å². The molecule has 1 heterocycles. The molecule has 0 unspecified atom stereocenters. The monoisotopic (exact) mass is 298 g/mol. The molecule has 7 nitrogen and oxygen atoms in total. The van der Waals surface area contributed by atoms with Gasteiger partial charge in [0.1, 0.15) is 5.54 Å². The minimum atomic E-state index is -0.739. The third-order valence-electron chi connectivity index (χ3n) is 3.34. The SMILES string of the molecule is COC(=O)C1(Nc2nc(OC)nc(SC)n2)CCCC1. The van der Waals surface area contributed by atoms with Crippen LogP contribution < -0.4 is 10.1 Å². The topological polar surface area (TPSA) is 86.2 Å². The first kappa shape index (κ1) is 14.8. The maximum absolute atomic E-state index is 12.1. The largest absolute Gasteiger partial charge is 0.467 e. The van der Waals surface area contributed by atoms with Crippen LogP contribution in [0.2, 0.25) is 0 Å². The van der Waals surface area contributed by atoms with Gasteiger partial charge in [-0.15, -0.1) is 0 Å². The number of carbonyl (C=O) groups is 1. The second kappa shape index (κ2) is 6.25. The Morgan fingerprint density at radius 1 is 1.25 bits per heavy atom. The zero-order valence-corrected chi connectivity index (χ0v) is 12.6. The molecule has 1 aromatic heterocycles. The molecular weight excluding hydrogens is 280 g/mol. The molecule has 0 bridgehead atoms. The van der Waals surface area contributed by atoms with Gasteiger partial charge in [-0.2, -0.15) is 15.0 Å². The number of aromatic nitrogens is 3. The standard InChI is InChI=1S/C12H18N4O3S/c1-18-8(17)12(6-4-5-7-12)16-9-13-10(19-2)15-11(14-9)20-3/h4-7H2,1-3H3,(H,13,14,15,16). The average Bonchev–Trinajstić information content (AvgIpc) is 2.95. The first-order valence-electron chi connectivity index (χ1n) is 6.34. The second-order valence-corrected chi connectivity index (χ2v) is 5.31. The van der Waals surface area contributed by atoms with Crippen LogP contribution in [-0.4, -0.2) is 46.9 Å². The van der Waals surface area contributed by atoms with E-state index < -0.39 is 5.54 Å². The fourth-order valence-electron chi connectivity index (χ4n) is 2.34. The number of methoxy groups -OCH3 is 2. The molecule has 0 spiro atoms. The van der Waals surface area contributed by atoms with Crippen LogP contribution in [0.3, 0.4) is 0 Å². The normalized spacial score (nSPS) is 16.8. The molecule has 0 saturated heterocycles. The molecule has 0 aromatic carbocycles. The lowest BCUT2D eigenvalue weighted by molar-refractivity contribution is -0.145. The Morgan fingerprint density at radius 3 is 2.50 bits per heavy atom. The first-order chi connectivity index (χ1) is 9.63. The van der Waals surface area contributed by atoms with Crippen LogP contribution in [-0.2, 0) is 9.53 Å². The van der Waals surface area contributed by atoms with E-state index in [-0.39, 0.29) is 12.0 Å². The Kier molecular flexibility index (Phi) is 4.64. The summed E-state index contributed by atoms with van der Waals surface area (Å²) in [5.41, 5.74) is -0.739. The van der Waals surface area contributed by atoms with Crippen molar-refractivity contribution in [2.75, 3.05) is 25.8 Å². The van der Waals surface area contributed by atoms with Gasteiger partial charge in [0, 0.05) is 0 Å². The van der Waals surface area contributed by atoms with Gasteiger partial charge in [0.25, 0.3) is 0 Å². The van der Waals surface area contributed by atoms with Gasteiger partial charge in [-0.05, 0) is 19.1 Å². The highest BCUT2D eigenvalue weighted by molar-refractivity contribution is 7.98. The van der Waals surface area contributed by atoms with E-state index in [9.17, 15) is 4.79 Å². The number of hydrogen-bond acceptors (Lipinski definition) is 8.